The Morgan fingerprint density at radius 2 is 1.98 bits per heavy atom. The van der Waals surface area contributed by atoms with Crippen molar-refractivity contribution in [3.05, 3.63) is 53.1 Å². The summed E-state index contributed by atoms with van der Waals surface area (Å²) < 4.78 is 27.6. The van der Waals surface area contributed by atoms with E-state index in [0.717, 1.165) is 6.42 Å². The minimum atomic E-state index is -3.63. The molecule has 42 heavy (non-hydrogen) atoms. The number of sulfonamides is 1. The molecule has 0 aromatic heterocycles. The van der Waals surface area contributed by atoms with E-state index in [1.54, 1.807) is 13.0 Å². The van der Waals surface area contributed by atoms with Crippen molar-refractivity contribution in [2.75, 3.05) is 6.54 Å². The lowest BCUT2D eigenvalue weighted by molar-refractivity contribution is -0.137. The highest BCUT2D eigenvalue weighted by atomic mass is 35.5. The van der Waals surface area contributed by atoms with E-state index in [4.69, 9.17) is 16.7 Å². The number of aliphatic carboxylic acids is 1. The van der Waals surface area contributed by atoms with Gasteiger partial charge in [-0.05, 0) is 81.5 Å². The van der Waals surface area contributed by atoms with Gasteiger partial charge in [-0.2, -0.15) is 0 Å². The Kier molecular flexibility index (Phi) is 12.7. The zero-order valence-electron chi connectivity index (χ0n) is 24.4. The van der Waals surface area contributed by atoms with E-state index in [1.165, 1.54) is 29.8 Å². The molecule has 0 heterocycles. The van der Waals surface area contributed by atoms with Gasteiger partial charge in [-0.3, -0.25) is 4.79 Å². The Morgan fingerprint density at radius 3 is 2.67 bits per heavy atom. The summed E-state index contributed by atoms with van der Waals surface area (Å²) in [5.41, 5.74) is 0.813. The van der Waals surface area contributed by atoms with Gasteiger partial charge in [-0.1, -0.05) is 48.2 Å². The van der Waals surface area contributed by atoms with Crippen molar-refractivity contribution in [3.8, 4) is 23.7 Å². The fourth-order valence-electron chi connectivity index (χ4n) is 5.89. The molecular formula is C33H42ClNO6S. The number of benzene rings is 1. The van der Waals surface area contributed by atoms with Crippen molar-refractivity contribution in [2.24, 2.45) is 23.2 Å². The molecule has 2 aliphatic rings. The predicted octanol–water partition coefficient (Wildman–Crippen LogP) is 5.33. The number of carbonyl (C=O) groups is 1. The Balaban J connectivity index is 1.68. The van der Waals surface area contributed by atoms with Crippen LogP contribution in [0, 0.1) is 46.9 Å². The molecule has 0 bridgehead atoms. The lowest BCUT2D eigenvalue weighted by Crippen LogP contribution is -2.24. The molecule has 6 atom stereocenters. The number of carboxylic acids is 1. The third-order valence-electron chi connectivity index (χ3n) is 8.19. The number of aliphatic hydroxyl groups excluding tert-OH is 2. The number of allylic oxidation sites excluding steroid dienone is 2. The number of fused-ring (bicyclic) bond motifs is 1. The van der Waals surface area contributed by atoms with Crippen molar-refractivity contribution < 1.29 is 28.5 Å². The number of unbranched alkanes of at least 4 members (excludes halogenated alkanes) is 2. The number of hydrogen-bond donors (Lipinski definition) is 4. The number of nitrogens with one attached hydrogen (secondary N) is 1. The first kappa shape index (κ1) is 33.9. The number of carboxylic acid groups (broad SMARTS) is 1. The van der Waals surface area contributed by atoms with Gasteiger partial charge in [0.05, 0.1) is 17.1 Å². The minimum Gasteiger partial charge on any atom is -0.481 e. The van der Waals surface area contributed by atoms with Crippen LogP contribution in [0.1, 0.15) is 71.6 Å². The summed E-state index contributed by atoms with van der Waals surface area (Å²) >= 11 is 5.86. The molecule has 0 radical (unpaired) electrons. The molecule has 0 aliphatic heterocycles. The summed E-state index contributed by atoms with van der Waals surface area (Å²) in [4.78, 5) is 11.1. The van der Waals surface area contributed by atoms with E-state index in [9.17, 15) is 23.4 Å². The second-order valence-electron chi connectivity index (χ2n) is 11.4. The van der Waals surface area contributed by atoms with Crippen LogP contribution in [0.3, 0.4) is 0 Å². The lowest BCUT2D eigenvalue weighted by atomic mass is 9.78. The summed E-state index contributed by atoms with van der Waals surface area (Å²) in [5.74, 6) is 11.7. The molecule has 9 heteroatoms. The van der Waals surface area contributed by atoms with Crippen molar-refractivity contribution in [1.29, 1.82) is 0 Å². The highest BCUT2D eigenvalue weighted by Gasteiger charge is 2.55. The Morgan fingerprint density at radius 1 is 1.24 bits per heavy atom. The van der Waals surface area contributed by atoms with Crippen molar-refractivity contribution in [1.82, 2.24) is 4.72 Å². The molecule has 2 aliphatic carbocycles. The van der Waals surface area contributed by atoms with Gasteiger partial charge in [-0.25, -0.2) is 13.1 Å². The normalized spacial score (nSPS) is 25.8. The number of rotatable bonds is 13. The zero-order chi connectivity index (χ0) is 30.8. The van der Waals surface area contributed by atoms with Gasteiger partial charge in [0.1, 0.15) is 0 Å². The van der Waals surface area contributed by atoms with Crippen molar-refractivity contribution in [3.63, 3.8) is 0 Å². The van der Waals surface area contributed by atoms with Gasteiger partial charge < -0.3 is 15.3 Å². The average molecular weight is 616 g/mol. The molecule has 4 N–H and O–H groups in total. The van der Waals surface area contributed by atoms with Gasteiger partial charge >= 0.3 is 5.97 Å². The average Bonchev–Trinajstić information content (AvgIpc) is 3.41. The van der Waals surface area contributed by atoms with E-state index in [1.807, 2.05) is 13.0 Å². The molecule has 1 unspecified atom stereocenters. The molecule has 3 rings (SSSR count). The van der Waals surface area contributed by atoms with Crippen LogP contribution >= 0.6 is 11.6 Å². The van der Waals surface area contributed by atoms with Crippen LogP contribution in [0.15, 0.2) is 53.0 Å². The van der Waals surface area contributed by atoms with Gasteiger partial charge in [-0.15, -0.1) is 17.8 Å². The first-order valence-corrected chi connectivity index (χ1v) is 16.4. The van der Waals surface area contributed by atoms with Crippen LogP contribution in [-0.2, 0) is 14.8 Å². The SMILES string of the molecule is CC#CCC(C)[C@H](O)/C=C/[C@H]1[C@H](O)C[C@]2(C#CCCCNS(=O)(=O)c3ccc(Cl)cc3)C/C(=C/CCCC(=O)O)C[C@H]12. The van der Waals surface area contributed by atoms with E-state index in [0.29, 0.717) is 50.0 Å². The smallest absolute Gasteiger partial charge is 0.303 e. The van der Waals surface area contributed by atoms with Crippen LogP contribution < -0.4 is 4.72 Å². The van der Waals surface area contributed by atoms with Gasteiger partial charge in [0.15, 0.2) is 0 Å². The first-order valence-electron chi connectivity index (χ1n) is 14.6. The van der Waals surface area contributed by atoms with Crippen LogP contribution in [-0.4, -0.2) is 48.5 Å². The predicted molar refractivity (Wildman–Crippen MR) is 165 cm³/mol. The zero-order valence-corrected chi connectivity index (χ0v) is 25.9. The van der Waals surface area contributed by atoms with Crippen LogP contribution in [0.25, 0.3) is 0 Å². The molecule has 0 amide bonds. The van der Waals surface area contributed by atoms with Crippen molar-refractivity contribution in [2.45, 2.75) is 88.7 Å². The summed E-state index contributed by atoms with van der Waals surface area (Å²) in [6.07, 6.45) is 9.61. The number of hydrogen-bond acceptors (Lipinski definition) is 5. The monoisotopic (exact) mass is 615 g/mol. The minimum absolute atomic E-state index is 0.0258. The van der Waals surface area contributed by atoms with E-state index < -0.39 is 33.6 Å². The van der Waals surface area contributed by atoms with E-state index in [-0.39, 0.29) is 35.6 Å². The number of aliphatic hydroxyl groups is 2. The maximum absolute atomic E-state index is 12.5. The lowest BCUT2D eigenvalue weighted by Gasteiger charge is -2.24. The summed E-state index contributed by atoms with van der Waals surface area (Å²) in [5, 5.41) is 31.1. The molecule has 1 aromatic carbocycles. The maximum atomic E-state index is 12.5. The Bertz CT molecular complexity index is 1360. The van der Waals surface area contributed by atoms with Crippen LogP contribution in [0.4, 0.5) is 0 Å². The molecular weight excluding hydrogens is 574 g/mol. The number of halogens is 1. The van der Waals surface area contributed by atoms with Crippen molar-refractivity contribution >= 4 is 27.6 Å². The second kappa shape index (κ2) is 15.8. The standard InChI is InChI=1S/C33H42ClNO6S/c1-3-4-10-24(2)30(36)18-17-28-29-21-25(11-6-7-12-32(38)39)22-33(29,23-31(28)37)19-8-5-9-20-35-42(40,41)27-15-13-26(34)14-16-27/h11,13-18,24,28-31,35-37H,5-7,9-10,12,20-23H2,1-2H3,(H,38,39)/b18-17+,25-11+/t24?,28-,29-,30-,31-,33+/m1/s1. The van der Waals surface area contributed by atoms with Gasteiger partial charge in [0.2, 0.25) is 10.0 Å². The Labute approximate surface area is 255 Å². The van der Waals surface area contributed by atoms with Gasteiger partial charge in [0.25, 0.3) is 0 Å². The fraction of sp³-hybridized carbons (Fsp3) is 0.545. The highest BCUT2D eigenvalue weighted by Crippen LogP contribution is 2.59. The Hall–Kier alpha value is -2.59. The summed E-state index contributed by atoms with van der Waals surface area (Å²) in [6, 6.07) is 6.00. The van der Waals surface area contributed by atoms with Gasteiger partial charge in [0, 0.05) is 42.2 Å². The quantitative estimate of drug-likeness (QED) is 0.135. The molecule has 2 fully saturated rings. The molecule has 7 nitrogen and oxygen atoms in total. The molecule has 228 valence electrons. The highest BCUT2D eigenvalue weighted by molar-refractivity contribution is 7.89. The third-order valence-corrected chi connectivity index (χ3v) is 9.92. The van der Waals surface area contributed by atoms with Crippen LogP contribution in [0.5, 0.6) is 0 Å². The largest absolute Gasteiger partial charge is 0.481 e. The van der Waals surface area contributed by atoms with E-state index in [2.05, 4.69) is 34.5 Å². The summed E-state index contributed by atoms with van der Waals surface area (Å²) in [7, 11) is -3.63. The summed E-state index contributed by atoms with van der Waals surface area (Å²) in [6.45, 7) is 3.97. The van der Waals surface area contributed by atoms with E-state index >= 15 is 0 Å². The third kappa shape index (κ3) is 9.46. The first-order chi connectivity index (χ1) is 20.0. The maximum Gasteiger partial charge on any atom is 0.303 e. The topological polar surface area (TPSA) is 124 Å². The molecule has 2 saturated carbocycles. The van der Waals surface area contributed by atoms with Crippen LogP contribution in [0.2, 0.25) is 5.02 Å². The molecule has 1 aromatic rings. The molecule has 0 saturated heterocycles. The second-order valence-corrected chi connectivity index (χ2v) is 13.6. The molecule has 0 spiro atoms. The fourth-order valence-corrected chi connectivity index (χ4v) is 7.09.